The van der Waals surface area contributed by atoms with Crippen LogP contribution in [-0.4, -0.2) is 23.6 Å². The average Bonchev–Trinajstić information content (AvgIpc) is 2.75. The van der Waals surface area contributed by atoms with Crippen molar-refractivity contribution in [1.82, 2.24) is 4.98 Å². The molecule has 0 aliphatic heterocycles. The molecule has 162 valence electrons. The summed E-state index contributed by atoms with van der Waals surface area (Å²) in [5, 5.41) is 2.92. The van der Waals surface area contributed by atoms with Crippen LogP contribution in [0.2, 0.25) is 0 Å². The quantitative estimate of drug-likeness (QED) is 0.375. The van der Waals surface area contributed by atoms with Crippen LogP contribution in [0, 0.1) is 6.92 Å². The van der Waals surface area contributed by atoms with Crippen molar-refractivity contribution in [1.29, 1.82) is 0 Å². The van der Waals surface area contributed by atoms with Gasteiger partial charge in [0.15, 0.2) is 0 Å². The fraction of sp³-hybridized carbons (Fsp3) is 0.280. The summed E-state index contributed by atoms with van der Waals surface area (Å²) in [7, 11) is 0. The standard InChI is InChI=1S/C25H27BrN2O3/c1-4-15-30-17(2)16-20-11-14-22(18(3)27-20)25(29)28-19-9-12-21(13-10-19)31-24-8-6-5-7-23(24)26/h5-14,17H,4,15-16H2,1-3H3,(H,28,29). The molecule has 1 amide bonds. The average molecular weight is 483 g/mol. The molecule has 5 nitrogen and oxygen atoms in total. The van der Waals surface area contributed by atoms with E-state index in [4.69, 9.17) is 9.47 Å². The van der Waals surface area contributed by atoms with Crippen molar-refractivity contribution in [3.05, 3.63) is 82.1 Å². The molecular weight excluding hydrogens is 456 g/mol. The second kappa shape index (κ2) is 11.1. The number of hydrogen-bond donors (Lipinski definition) is 1. The molecule has 1 atom stereocenters. The Labute approximate surface area is 191 Å². The third-order valence-electron chi connectivity index (χ3n) is 4.67. The van der Waals surface area contributed by atoms with Crippen LogP contribution >= 0.6 is 15.9 Å². The van der Waals surface area contributed by atoms with Gasteiger partial charge in [-0.1, -0.05) is 19.1 Å². The van der Waals surface area contributed by atoms with E-state index in [0.29, 0.717) is 22.7 Å². The fourth-order valence-corrected chi connectivity index (χ4v) is 3.46. The van der Waals surface area contributed by atoms with Crippen LogP contribution in [0.25, 0.3) is 0 Å². The molecule has 1 aromatic heterocycles. The fourth-order valence-electron chi connectivity index (χ4n) is 3.10. The van der Waals surface area contributed by atoms with Crippen LogP contribution in [0.15, 0.2) is 65.1 Å². The number of aryl methyl sites for hydroxylation is 1. The SMILES string of the molecule is CCCOC(C)Cc1ccc(C(=O)Nc2ccc(Oc3ccccc3Br)cc2)c(C)n1. The third kappa shape index (κ3) is 6.64. The molecule has 0 saturated heterocycles. The van der Waals surface area contributed by atoms with Gasteiger partial charge in [0.1, 0.15) is 11.5 Å². The van der Waals surface area contributed by atoms with E-state index in [1.54, 1.807) is 0 Å². The minimum Gasteiger partial charge on any atom is -0.456 e. The van der Waals surface area contributed by atoms with Gasteiger partial charge in [-0.3, -0.25) is 9.78 Å². The molecule has 0 fully saturated rings. The number of pyridine rings is 1. The van der Waals surface area contributed by atoms with Crippen LogP contribution in [-0.2, 0) is 11.2 Å². The van der Waals surface area contributed by atoms with Crippen LogP contribution < -0.4 is 10.1 Å². The summed E-state index contributed by atoms with van der Waals surface area (Å²) in [6.45, 7) is 6.72. The molecule has 1 N–H and O–H groups in total. The van der Waals surface area contributed by atoms with Gasteiger partial charge < -0.3 is 14.8 Å². The number of aromatic nitrogens is 1. The molecule has 0 aliphatic rings. The molecule has 2 aromatic carbocycles. The van der Waals surface area contributed by atoms with E-state index in [2.05, 4.69) is 33.2 Å². The Balaban J connectivity index is 1.61. The second-order valence-corrected chi connectivity index (χ2v) is 8.19. The zero-order valence-corrected chi connectivity index (χ0v) is 19.6. The maximum atomic E-state index is 12.7. The molecule has 3 rings (SSSR count). The van der Waals surface area contributed by atoms with E-state index in [1.165, 1.54) is 0 Å². The molecule has 0 saturated carbocycles. The summed E-state index contributed by atoms with van der Waals surface area (Å²) in [6, 6.07) is 18.6. The lowest BCUT2D eigenvalue weighted by Crippen LogP contribution is -2.16. The highest BCUT2D eigenvalue weighted by molar-refractivity contribution is 9.10. The monoisotopic (exact) mass is 482 g/mol. The number of nitrogens with one attached hydrogen (secondary N) is 1. The Kier molecular flexibility index (Phi) is 8.20. The lowest BCUT2D eigenvalue weighted by atomic mass is 10.1. The lowest BCUT2D eigenvalue weighted by molar-refractivity contribution is 0.0663. The number of benzene rings is 2. The van der Waals surface area contributed by atoms with E-state index in [0.717, 1.165) is 35.4 Å². The Morgan fingerprint density at radius 1 is 1.10 bits per heavy atom. The highest BCUT2D eigenvalue weighted by Gasteiger charge is 2.13. The highest BCUT2D eigenvalue weighted by atomic mass is 79.9. The number of ether oxygens (including phenoxy) is 2. The number of anilines is 1. The highest BCUT2D eigenvalue weighted by Crippen LogP contribution is 2.29. The summed E-state index contributed by atoms with van der Waals surface area (Å²) in [5.74, 6) is 1.23. The van der Waals surface area contributed by atoms with Crippen LogP contribution in [0.5, 0.6) is 11.5 Å². The Bertz CT molecular complexity index is 1020. The Morgan fingerprint density at radius 3 is 2.52 bits per heavy atom. The largest absolute Gasteiger partial charge is 0.456 e. The summed E-state index contributed by atoms with van der Waals surface area (Å²) in [6.07, 6.45) is 1.82. The molecule has 1 heterocycles. The minimum absolute atomic E-state index is 0.101. The van der Waals surface area contributed by atoms with Gasteiger partial charge in [0.05, 0.1) is 21.8 Å². The predicted molar refractivity (Wildman–Crippen MR) is 127 cm³/mol. The van der Waals surface area contributed by atoms with Gasteiger partial charge in [-0.05, 0) is 84.7 Å². The summed E-state index contributed by atoms with van der Waals surface area (Å²) >= 11 is 3.47. The zero-order valence-electron chi connectivity index (χ0n) is 18.0. The second-order valence-electron chi connectivity index (χ2n) is 7.33. The number of rotatable bonds is 9. The topological polar surface area (TPSA) is 60.5 Å². The van der Waals surface area contributed by atoms with E-state index >= 15 is 0 Å². The van der Waals surface area contributed by atoms with Crippen molar-refractivity contribution < 1.29 is 14.3 Å². The molecule has 0 spiro atoms. The van der Waals surface area contributed by atoms with Crippen LogP contribution in [0.3, 0.4) is 0 Å². The first-order valence-electron chi connectivity index (χ1n) is 10.4. The number of nitrogens with zero attached hydrogens (tertiary/aromatic N) is 1. The molecule has 0 radical (unpaired) electrons. The Hall–Kier alpha value is -2.70. The number of halogens is 1. The van der Waals surface area contributed by atoms with Gasteiger partial charge in [-0.15, -0.1) is 0 Å². The number of hydrogen-bond acceptors (Lipinski definition) is 4. The molecule has 0 aliphatic carbocycles. The summed E-state index contributed by atoms with van der Waals surface area (Å²) in [4.78, 5) is 17.3. The van der Waals surface area contributed by atoms with Crippen LogP contribution in [0.4, 0.5) is 5.69 Å². The molecule has 0 bridgehead atoms. The smallest absolute Gasteiger partial charge is 0.257 e. The molecular formula is C25H27BrN2O3. The van der Waals surface area contributed by atoms with Crippen molar-refractivity contribution in [2.45, 2.75) is 39.7 Å². The molecule has 31 heavy (non-hydrogen) atoms. The predicted octanol–water partition coefficient (Wildman–Crippen LogP) is 6.55. The number of para-hydroxylation sites is 1. The van der Waals surface area contributed by atoms with Gasteiger partial charge in [-0.25, -0.2) is 0 Å². The van der Waals surface area contributed by atoms with Gasteiger partial charge in [0.25, 0.3) is 5.91 Å². The zero-order chi connectivity index (χ0) is 22.2. The van der Waals surface area contributed by atoms with Gasteiger partial charge in [0, 0.05) is 24.4 Å². The van der Waals surface area contributed by atoms with Gasteiger partial charge in [-0.2, -0.15) is 0 Å². The number of amides is 1. The van der Waals surface area contributed by atoms with E-state index in [9.17, 15) is 4.79 Å². The van der Waals surface area contributed by atoms with E-state index in [-0.39, 0.29) is 12.0 Å². The maximum absolute atomic E-state index is 12.7. The first kappa shape index (κ1) is 23.0. The van der Waals surface area contributed by atoms with Crippen molar-refractivity contribution in [3.8, 4) is 11.5 Å². The summed E-state index contributed by atoms with van der Waals surface area (Å²) < 4.78 is 12.5. The lowest BCUT2D eigenvalue weighted by Gasteiger charge is -2.13. The van der Waals surface area contributed by atoms with Crippen molar-refractivity contribution >= 4 is 27.5 Å². The minimum atomic E-state index is -0.189. The maximum Gasteiger partial charge on any atom is 0.257 e. The molecule has 3 aromatic rings. The number of carbonyl (C=O) groups excluding carboxylic acids is 1. The first-order valence-corrected chi connectivity index (χ1v) is 11.2. The molecule has 1 unspecified atom stereocenters. The number of carbonyl (C=O) groups is 1. The van der Waals surface area contributed by atoms with E-state index in [1.807, 2.05) is 74.5 Å². The van der Waals surface area contributed by atoms with Crippen LogP contribution in [0.1, 0.15) is 42.0 Å². The first-order chi connectivity index (χ1) is 15.0. The van der Waals surface area contributed by atoms with Gasteiger partial charge in [0.2, 0.25) is 0 Å². The third-order valence-corrected chi connectivity index (χ3v) is 5.32. The van der Waals surface area contributed by atoms with Crippen molar-refractivity contribution in [2.75, 3.05) is 11.9 Å². The van der Waals surface area contributed by atoms with Gasteiger partial charge >= 0.3 is 0 Å². The Morgan fingerprint density at radius 2 is 1.84 bits per heavy atom. The molecule has 6 heteroatoms. The van der Waals surface area contributed by atoms with Crippen molar-refractivity contribution in [3.63, 3.8) is 0 Å². The van der Waals surface area contributed by atoms with E-state index < -0.39 is 0 Å². The summed E-state index contributed by atoms with van der Waals surface area (Å²) in [5.41, 5.74) is 2.87. The normalized spacial score (nSPS) is 11.7. The van der Waals surface area contributed by atoms with Crippen molar-refractivity contribution in [2.24, 2.45) is 0 Å².